The van der Waals surface area contributed by atoms with Crippen LogP contribution in [0.25, 0.3) is 6.08 Å². The number of hydrogen-bond donors (Lipinski definition) is 0. The third-order valence-corrected chi connectivity index (χ3v) is 5.36. The first-order valence-electron chi connectivity index (χ1n) is 10.3. The fourth-order valence-electron chi connectivity index (χ4n) is 4.16. The van der Waals surface area contributed by atoms with Crippen LogP contribution in [0.2, 0.25) is 0 Å². The van der Waals surface area contributed by atoms with Gasteiger partial charge in [0.2, 0.25) is 0 Å². The summed E-state index contributed by atoms with van der Waals surface area (Å²) in [5.74, 6) is -0.0551. The summed E-state index contributed by atoms with van der Waals surface area (Å²) in [6, 6.07) is 15.2. The van der Waals surface area contributed by atoms with Crippen molar-refractivity contribution >= 4 is 18.1 Å². The number of pyridine rings is 1. The summed E-state index contributed by atoms with van der Waals surface area (Å²) in [7, 11) is 0. The molecule has 0 N–H and O–H groups in total. The maximum Gasteiger partial charge on any atom is 0.410 e. The summed E-state index contributed by atoms with van der Waals surface area (Å²) in [5, 5.41) is 0. The molecule has 2 atom stereocenters. The monoisotopic (exact) mass is 405 g/mol. The van der Waals surface area contributed by atoms with Gasteiger partial charge in [0.1, 0.15) is 11.3 Å². The van der Waals surface area contributed by atoms with E-state index < -0.39 is 5.60 Å². The van der Waals surface area contributed by atoms with Gasteiger partial charge in [-0.25, -0.2) is 4.79 Å². The highest BCUT2D eigenvalue weighted by Gasteiger charge is 2.46. The van der Waals surface area contributed by atoms with Crippen LogP contribution in [-0.4, -0.2) is 51.5 Å². The molecule has 2 saturated heterocycles. The topological polar surface area (TPSA) is 62.7 Å². The van der Waals surface area contributed by atoms with Gasteiger partial charge in [-0.05, 0) is 51.0 Å². The molecule has 1 aromatic carbocycles. The van der Waals surface area contributed by atoms with Crippen molar-refractivity contribution in [2.75, 3.05) is 13.1 Å². The van der Waals surface area contributed by atoms with E-state index in [1.165, 1.54) is 0 Å². The van der Waals surface area contributed by atoms with E-state index in [4.69, 9.17) is 4.74 Å². The SMILES string of the molecule is CC(C)(C)OC(=O)N1CC2CC(C1)N(C(=O)c1ccccn1)/C2=C\c1ccccc1. The second kappa shape index (κ2) is 7.94. The molecule has 2 bridgehead atoms. The molecule has 0 aliphatic carbocycles. The number of carbonyl (C=O) groups is 2. The zero-order valence-corrected chi connectivity index (χ0v) is 17.6. The highest BCUT2D eigenvalue weighted by Crippen LogP contribution is 2.40. The molecule has 1 aromatic heterocycles. The van der Waals surface area contributed by atoms with Gasteiger partial charge in [-0.15, -0.1) is 0 Å². The molecule has 0 radical (unpaired) electrons. The molecule has 2 aromatic rings. The number of likely N-dealkylation sites (tertiary alicyclic amines) is 2. The summed E-state index contributed by atoms with van der Waals surface area (Å²) >= 11 is 0. The summed E-state index contributed by atoms with van der Waals surface area (Å²) in [5.41, 5.74) is 1.82. The Morgan fingerprint density at radius 3 is 2.47 bits per heavy atom. The maximum atomic E-state index is 13.4. The molecule has 2 amide bonds. The van der Waals surface area contributed by atoms with E-state index in [2.05, 4.69) is 11.1 Å². The minimum Gasteiger partial charge on any atom is -0.444 e. The van der Waals surface area contributed by atoms with Gasteiger partial charge < -0.3 is 14.5 Å². The van der Waals surface area contributed by atoms with Crippen LogP contribution in [0.1, 0.15) is 43.2 Å². The lowest BCUT2D eigenvalue weighted by Crippen LogP contribution is -2.48. The smallest absolute Gasteiger partial charge is 0.410 e. The second-order valence-corrected chi connectivity index (χ2v) is 8.84. The third kappa shape index (κ3) is 4.22. The van der Waals surface area contributed by atoms with Crippen molar-refractivity contribution in [2.24, 2.45) is 5.92 Å². The standard InChI is InChI=1S/C24H27N3O3/c1-24(2,3)30-23(29)26-15-18-14-19(16-26)27(22(28)20-11-7-8-12-25-20)21(18)13-17-9-5-4-6-10-17/h4-13,18-19H,14-16H2,1-3H3/b21-13-. The Bertz CT molecular complexity index is 951. The number of aromatic nitrogens is 1. The first-order chi connectivity index (χ1) is 14.3. The number of piperidine rings is 1. The fraction of sp³-hybridized carbons (Fsp3) is 0.375. The average Bonchev–Trinajstić information content (AvgIpc) is 2.96. The van der Waals surface area contributed by atoms with Gasteiger partial charge in [0.05, 0.1) is 6.04 Å². The van der Waals surface area contributed by atoms with Crippen molar-refractivity contribution in [1.29, 1.82) is 0 Å². The van der Waals surface area contributed by atoms with Gasteiger partial charge in [-0.3, -0.25) is 9.78 Å². The molecule has 156 valence electrons. The van der Waals surface area contributed by atoms with E-state index in [-0.39, 0.29) is 24.0 Å². The lowest BCUT2D eigenvalue weighted by Gasteiger charge is -2.33. The number of ether oxygens (including phenoxy) is 1. The van der Waals surface area contributed by atoms with Gasteiger partial charge in [0.15, 0.2) is 0 Å². The largest absolute Gasteiger partial charge is 0.444 e. The highest BCUT2D eigenvalue weighted by molar-refractivity contribution is 5.95. The molecule has 0 saturated carbocycles. The zero-order chi connectivity index (χ0) is 21.3. The molecule has 4 rings (SSSR count). The predicted octanol–water partition coefficient (Wildman–Crippen LogP) is 4.20. The van der Waals surface area contributed by atoms with Crippen LogP contribution >= 0.6 is 0 Å². The van der Waals surface area contributed by atoms with Gasteiger partial charge in [-0.1, -0.05) is 36.4 Å². The number of nitrogens with zero attached hydrogens (tertiary/aromatic N) is 3. The molecule has 2 unspecified atom stereocenters. The molecular weight excluding hydrogens is 378 g/mol. The van der Waals surface area contributed by atoms with E-state index in [9.17, 15) is 9.59 Å². The van der Waals surface area contributed by atoms with Gasteiger partial charge in [-0.2, -0.15) is 0 Å². The number of benzene rings is 1. The van der Waals surface area contributed by atoms with Crippen molar-refractivity contribution in [3.8, 4) is 0 Å². The average molecular weight is 405 g/mol. The Morgan fingerprint density at radius 2 is 1.80 bits per heavy atom. The molecule has 2 fully saturated rings. The number of hydrogen-bond acceptors (Lipinski definition) is 4. The Hall–Kier alpha value is -3.15. The van der Waals surface area contributed by atoms with Crippen LogP contribution in [0.4, 0.5) is 4.79 Å². The molecule has 2 aliphatic heterocycles. The van der Waals surface area contributed by atoms with E-state index in [0.717, 1.165) is 17.7 Å². The van der Waals surface area contributed by atoms with E-state index in [1.807, 2.05) is 62.1 Å². The van der Waals surface area contributed by atoms with E-state index in [1.54, 1.807) is 23.2 Å². The first-order valence-corrected chi connectivity index (χ1v) is 10.3. The summed E-state index contributed by atoms with van der Waals surface area (Å²) in [6.45, 7) is 6.58. The number of fused-ring (bicyclic) bond motifs is 2. The quantitative estimate of drug-likeness (QED) is 0.751. The third-order valence-electron chi connectivity index (χ3n) is 5.36. The molecule has 2 aliphatic rings. The van der Waals surface area contributed by atoms with Gasteiger partial charge >= 0.3 is 6.09 Å². The Morgan fingerprint density at radius 1 is 1.07 bits per heavy atom. The van der Waals surface area contributed by atoms with E-state index >= 15 is 0 Å². The minimum atomic E-state index is -0.556. The molecule has 0 spiro atoms. The van der Waals surface area contributed by atoms with Gasteiger partial charge in [0, 0.05) is 30.9 Å². The molecule has 6 heteroatoms. The predicted molar refractivity (Wildman–Crippen MR) is 115 cm³/mol. The van der Waals surface area contributed by atoms with Crippen LogP contribution < -0.4 is 0 Å². The normalized spacial score (nSPS) is 22.3. The minimum absolute atomic E-state index is 0.0733. The zero-order valence-electron chi connectivity index (χ0n) is 17.6. The lowest BCUT2D eigenvalue weighted by atomic mass is 9.97. The Balaban J connectivity index is 1.67. The van der Waals surface area contributed by atoms with Crippen molar-refractivity contribution in [2.45, 2.75) is 38.8 Å². The summed E-state index contributed by atoms with van der Waals surface area (Å²) in [4.78, 5) is 33.9. The summed E-state index contributed by atoms with van der Waals surface area (Å²) in [6.07, 6.45) is 4.19. The van der Waals surface area contributed by atoms with Crippen molar-refractivity contribution in [1.82, 2.24) is 14.8 Å². The van der Waals surface area contributed by atoms with Crippen molar-refractivity contribution in [3.05, 3.63) is 71.7 Å². The van der Waals surface area contributed by atoms with Crippen LogP contribution in [0.5, 0.6) is 0 Å². The first kappa shape index (κ1) is 20.1. The van der Waals surface area contributed by atoms with Crippen molar-refractivity contribution < 1.29 is 14.3 Å². The maximum absolute atomic E-state index is 13.4. The second-order valence-electron chi connectivity index (χ2n) is 8.84. The molecular formula is C24H27N3O3. The van der Waals surface area contributed by atoms with E-state index in [0.29, 0.717) is 18.8 Å². The molecule has 3 heterocycles. The lowest BCUT2D eigenvalue weighted by molar-refractivity contribution is 0.0162. The van der Waals surface area contributed by atoms with Crippen LogP contribution in [-0.2, 0) is 4.74 Å². The Kier molecular flexibility index (Phi) is 5.33. The van der Waals surface area contributed by atoms with Crippen LogP contribution in [0, 0.1) is 5.92 Å². The molecule has 30 heavy (non-hydrogen) atoms. The highest BCUT2D eigenvalue weighted by atomic mass is 16.6. The van der Waals surface area contributed by atoms with Crippen LogP contribution in [0.3, 0.4) is 0 Å². The fourth-order valence-corrected chi connectivity index (χ4v) is 4.16. The number of carbonyl (C=O) groups excluding carboxylic acids is 2. The van der Waals surface area contributed by atoms with Gasteiger partial charge in [0.25, 0.3) is 5.91 Å². The number of amides is 2. The van der Waals surface area contributed by atoms with Crippen LogP contribution in [0.15, 0.2) is 60.4 Å². The van der Waals surface area contributed by atoms with Crippen molar-refractivity contribution in [3.63, 3.8) is 0 Å². The number of rotatable bonds is 2. The Labute approximate surface area is 177 Å². The molecule has 6 nitrogen and oxygen atoms in total. The summed E-state index contributed by atoms with van der Waals surface area (Å²) < 4.78 is 5.59.